The van der Waals surface area contributed by atoms with Crippen LogP contribution in [0.3, 0.4) is 0 Å². The van der Waals surface area contributed by atoms with Gasteiger partial charge in [-0.15, -0.1) is 0 Å². The summed E-state index contributed by atoms with van der Waals surface area (Å²) in [6.07, 6.45) is 1.31. The summed E-state index contributed by atoms with van der Waals surface area (Å²) in [6, 6.07) is 3.28. The molecule has 1 aliphatic rings. The molecule has 0 fully saturated rings. The molecule has 0 saturated carbocycles. The number of rotatable bonds is 2. The van der Waals surface area contributed by atoms with Crippen molar-refractivity contribution in [1.29, 1.82) is 0 Å². The molecule has 0 spiro atoms. The molecule has 80 valence electrons. The molecule has 2 rings (SSSR count). The molecular formula is C11H13NO3. The van der Waals surface area contributed by atoms with Gasteiger partial charge in [0, 0.05) is 6.04 Å². The molecule has 0 bridgehead atoms. The summed E-state index contributed by atoms with van der Waals surface area (Å²) in [4.78, 5) is 11.0. The topological polar surface area (TPSA) is 72.5 Å². The number of methoxy groups -OCH3 is 1. The molecule has 0 saturated heterocycles. The van der Waals surface area contributed by atoms with Crippen LogP contribution in [0.5, 0.6) is 5.75 Å². The molecule has 1 atom stereocenters. The van der Waals surface area contributed by atoms with Crippen LogP contribution in [0.2, 0.25) is 0 Å². The third-order valence-electron chi connectivity index (χ3n) is 2.77. The van der Waals surface area contributed by atoms with E-state index >= 15 is 0 Å². The minimum absolute atomic E-state index is 0.00870. The molecule has 0 aromatic heterocycles. The van der Waals surface area contributed by atoms with Crippen molar-refractivity contribution in [2.45, 2.75) is 18.9 Å². The highest BCUT2D eigenvalue weighted by atomic mass is 16.5. The van der Waals surface area contributed by atoms with E-state index in [0.717, 1.165) is 16.9 Å². The zero-order valence-electron chi connectivity index (χ0n) is 8.49. The highest BCUT2D eigenvalue weighted by Gasteiger charge is 2.26. The maximum Gasteiger partial charge on any atom is 0.335 e. The van der Waals surface area contributed by atoms with Gasteiger partial charge in [-0.3, -0.25) is 0 Å². The van der Waals surface area contributed by atoms with Crippen molar-refractivity contribution < 1.29 is 14.6 Å². The van der Waals surface area contributed by atoms with Crippen LogP contribution in [-0.4, -0.2) is 24.2 Å². The fourth-order valence-corrected chi connectivity index (χ4v) is 2.12. The van der Waals surface area contributed by atoms with Crippen LogP contribution in [0.15, 0.2) is 12.1 Å². The Bertz CT molecular complexity index is 415. The summed E-state index contributed by atoms with van der Waals surface area (Å²) in [6.45, 7) is 0. The van der Waals surface area contributed by atoms with Crippen molar-refractivity contribution in [3.8, 4) is 5.75 Å². The number of hydrogen-bond acceptors (Lipinski definition) is 3. The average molecular weight is 207 g/mol. The monoisotopic (exact) mass is 207 g/mol. The Hall–Kier alpha value is -1.55. The molecule has 0 aliphatic heterocycles. The van der Waals surface area contributed by atoms with Gasteiger partial charge in [0.1, 0.15) is 5.75 Å². The summed E-state index contributed by atoms with van der Waals surface area (Å²) in [5.74, 6) is -0.161. The lowest BCUT2D eigenvalue weighted by Gasteiger charge is -2.08. The van der Waals surface area contributed by atoms with E-state index in [4.69, 9.17) is 15.6 Å². The predicted octanol–water partition coefficient (Wildman–Crippen LogP) is 0.819. The van der Waals surface area contributed by atoms with Gasteiger partial charge in [-0.1, -0.05) is 0 Å². The van der Waals surface area contributed by atoms with E-state index in [0.29, 0.717) is 18.4 Å². The Morgan fingerprint density at radius 2 is 2.13 bits per heavy atom. The number of nitrogens with two attached hydrogens (primary N) is 1. The van der Waals surface area contributed by atoms with Crippen LogP contribution in [0.1, 0.15) is 21.5 Å². The van der Waals surface area contributed by atoms with Crippen molar-refractivity contribution in [3.63, 3.8) is 0 Å². The second-order valence-electron chi connectivity index (χ2n) is 3.75. The second kappa shape index (κ2) is 3.55. The molecular weight excluding hydrogens is 194 g/mol. The van der Waals surface area contributed by atoms with E-state index in [9.17, 15) is 4.79 Å². The summed E-state index contributed by atoms with van der Waals surface area (Å²) in [5, 5.41) is 9.02. The second-order valence-corrected chi connectivity index (χ2v) is 3.75. The van der Waals surface area contributed by atoms with Crippen molar-refractivity contribution in [3.05, 3.63) is 28.8 Å². The molecule has 0 radical (unpaired) electrons. The van der Waals surface area contributed by atoms with E-state index in [2.05, 4.69) is 0 Å². The van der Waals surface area contributed by atoms with E-state index in [1.165, 1.54) is 0 Å². The Kier molecular flexibility index (Phi) is 2.36. The Morgan fingerprint density at radius 1 is 1.47 bits per heavy atom. The van der Waals surface area contributed by atoms with Crippen LogP contribution in [-0.2, 0) is 12.8 Å². The van der Waals surface area contributed by atoms with E-state index in [1.54, 1.807) is 19.2 Å². The molecule has 0 heterocycles. The fourth-order valence-electron chi connectivity index (χ4n) is 2.12. The maximum atomic E-state index is 11.0. The third kappa shape index (κ3) is 1.57. The van der Waals surface area contributed by atoms with Gasteiger partial charge in [-0.25, -0.2) is 4.79 Å². The predicted molar refractivity (Wildman–Crippen MR) is 55.3 cm³/mol. The van der Waals surface area contributed by atoms with Gasteiger partial charge in [-0.05, 0) is 36.1 Å². The zero-order valence-corrected chi connectivity index (χ0v) is 8.49. The first kappa shape index (κ1) is 9.98. The number of fused-ring (bicyclic) bond motifs is 1. The molecule has 1 aromatic rings. The van der Waals surface area contributed by atoms with Crippen molar-refractivity contribution >= 4 is 5.97 Å². The van der Waals surface area contributed by atoms with Crippen LogP contribution in [0.25, 0.3) is 0 Å². The number of hydrogen-bond donors (Lipinski definition) is 2. The lowest BCUT2D eigenvalue weighted by atomic mass is 10.0. The van der Waals surface area contributed by atoms with Gasteiger partial charge in [-0.2, -0.15) is 0 Å². The average Bonchev–Trinajstić information content (AvgIpc) is 2.56. The summed E-state index contributed by atoms with van der Waals surface area (Å²) in [7, 11) is 1.58. The molecule has 3 N–H and O–H groups in total. The lowest BCUT2D eigenvalue weighted by molar-refractivity contribution is 0.0695. The minimum atomic E-state index is -0.900. The summed E-state index contributed by atoms with van der Waals surface area (Å²) in [5.41, 5.74) is 7.95. The third-order valence-corrected chi connectivity index (χ3v) is 2.77. The minimum Gasteiger partial charge on any atom is -0.496 e. The van der Waals surface area contributed by atoms with Gasteiger partial charge in [0.05, 0.1) is 12.7 Å². The first-order chi connectivity index (χ1) is 7.13. The Labute approximate surface area is 87.7 Å². The molecule has 4 heteroatoms. The number of aromatic carboxylic acids is 1. The van der Waals surface area contributed by atoms with E-state index < -0.39 is 5.97 Å². The normalized spacial score (nSPS) is 18.7. The molecule has 0 amide bonds. The van der Waals surface area contributed by atoms with Gasteiger partial charge in [0.2, 0.25) is 0 Å². The standard InChI is InChI=1S/C11H13NO3/c1-15-10-3-2-7(11(13)14)8-4-6(12)5-9(8)10/h2-3,6H,4-5,12H2,1H3,(H,13,14). The lowest BCUT2D eigenvalue weighted by Crippen LogP contribution is -2.19. The molecule has 1 unspecified atom stereocenters. The first-order valence-electron chi connectivity index (χ1n) is 4.81. The SMILES string of the molecule is COc1ccc(C(=O)O)c2c1CC(N)C2. The van der Waals surface area contributed by atoms with Gasteiger partial charge in [0.25, 0.3) is 0 Å². The van der Waals surface area contributed by atoms with Gasteiger partial charge >= 0.3 is 5.97 Å². The zero-order chi connectivity index (χ0) is 11.0. The van der Waals surface area contributed by atoms with Crippen molar-refractivity contribution in [1.82, 2.24) is 0 Å². The van der Waals surface area contributed by atoms with Crippen LogP contribution >= 0.6 is 0 Å². The van der Waals surface area contributed by atoms with Crippen LogP contribution in [0.4, 0.5) is 0 Å². The summed E-state index contributed by atoms with van der Waals surface area (Å²) < 4.78 is 5.19. The highest BCUT2D eigenvalue weighted by Crippen LogP contribution is 2.32. The number of benzene rings is 1. The summed E-state index contributed by atoms with van der Waals surface area (Å²) >= 11 is 0. The molecule has 1 aromatic carbocycles. The number of ether oxygens (including phenoxy) is 1. The Morgan fingerprint density at radius 3 is 2.73 bits per heavy atom. The van der Waals surface area contributed by atoms with Crippen molar-refractivity contribution in [2.75, 3.05) is 7.11 Å². The van der Waals surface area contributed by atoms with E-state index in [1.807, 2.05) is 0 Å². The van der Waals surface area contributed by atoms with Crippen LogP contribution in [0, 0.1) is 0 Å². The largest absolute Gasteiger partial charge is 0.496 e. The maximum absolute atomic E-state index is 11.0. The van der Waals surface area contributed by atoms with Crippen LogP contribution < -0.4 is 10.5 Å². The number of carboxylic acid groups (broad SMARTS) is 1. The fraction of sp³-hybridized carbons (Fsp3) is 0.364. The quantitative estimate of drug-likeness (QED) is 0.753. The van der Waals surface area contributed by atoms with Gasteiger partial charge in [0.15, 0.2) is 0 Å². The van der Waals surface area contributed by atoms with Gasteiger partial charge < -0.3 is 15.6 Å². The number of carbonyl (C=O) groups is 1. The highest BCUT2D eigenvalue weighted by molar-refractivity contribution is 5.90. The molecule has 1 aliphatic carbocycles. The number of carboxylic acids is 1. The Balaban J connectivity index is 2.57. The first-order valence-corrected chi connectivity index (χ1v) is 4.81. The van der Waals surface area contributed by atoms with Crippen molar-refractivity contribution in [2.24, 2.45) is 5.73 Å². The molecule has 4 nitrogen and oxygen atoms in total. The van der Waals surface area contributed by atoms with E-state index in [-0.39, 0.29) is 6.04 Å². The molecule has 15 heavy (non-hydrogen) atoms. The smallest absolute Gasteiger partial charge is 0.335 e.